The van der Waals surface area contributed by atoms with Crippen LogP contribution in [0, 0.1) is 0 Å². The van der Waals surface area contributed by atoms with Gasteiger partial charge in [0, 0.05) is 13.0 Å². The van der Waals surface area contributed by atoms with Crippen LogP contribution < -0.4 is 16.1 Å². The van der Waals surface area contributed by atoms with Crippen molar-refractivity contribution in [3.05, 3.63) is 0 Å². The zero-order valence-corrected chi connectivity index (χ0v) is 10.5. The van der Waals surface area contributed by atoms with E-state index in [-0.39, 0.29) is 11.9 Å². The topological polar surface area (TPSA) is 93.7 Å². The molecule has 0 bridgehead atoms. The van der Waals surface area contributed by atoms with E-state index in [0.29, 0.717) is 26.1 Å². The minimum atomic E-state index is -0.373. The lowest BCUT2D eigenvalue weighted by molar-refractivity contribution is -0.129. The van der Waals surface area contributed by atoms with E-state index in [0.717, 1.165) is 12.8 Å². The number of hydroxylamine groups is 1. The van der Waals surface area contributed by atoms with Crippen molar-refractivity contribution < 1.29 is 14.8 Å². The van der Waals surface area contributed by atoms with E-state index in [1.54, 1.807) is 5.48 Å². The number of nitrogens with zero attached hydrogens (tertiary/aromatic N) is 1. The molecule has 0 fully saturated rings. The highest BCUT2D eigenvalue weighted by molar-refractivity contribution is 5.74. The zero-order chi connectivity index (χ0) is 13.1. The Kier molecular flexibility index (Phi) is 9.08. The molecular weight excluding hydrogens is 224 g/mol. The van der Waals surface area contributed by atoms with Crippen LogP contribution in [0.1, 0.15) is 25.7 Å². The molecule has 0 aromatic rings. The van der Waals surface area contributed by atoms with Gasteiger partial charge in [0.25, 0.3) is 0 Å². The minimum Gasteiger partial charge on any atom is -0.338 e. The molecular formula is C10H22N4O3. The van der Waals surface area contributed by atoms with Gasteiger partial charge in [-0.1, -0.05) is 6.42 Å². The summed E-state index contributed by atoms with van der Waals surface area (Å²) in [4.78, 5) is 23.7. The van der Waals surface area contributed by atoms with E-state index in [1.807, 2.05) is 19.0 Å². The van der Waals surface area contributed by atoms with Crippen molar-refractivity contribution in [3.63, 3.8) is 0 Å². The van der Waals surface area contributed by atoms with Gasteiger partial charge in [-0.25, -0.2) is 10.3 Å². The van der Waals surface area contributed by atoms with Gasteiger partial charge in [-0.2, -0.15) is 0 Å². The second-order valence-corrected chi connectivity index (χ2v) is 4.02. The molecule has 0 aliphatic rings. The third kappa shape index (κ3) is 10.9. The van der Waals surface area contributed by atoms with Crippen molar-refractivity contribution in [1.82, 2.24) is 21.0 Å². The molecule has 0 unspecified atom stereocenters. The molecule has 7 heteroatoms. The van der Waals surface area contributed by atoms with Gasteiger partial charge in [0.1, 0.15) is 0 Å². The summed E-state index contributed by atoms with van der Waals surface area (Å²) in [6.45, 7) is 1.09. The van der Waals surface area contributed by atoms with Crippen molar-refractivity contribution in [2.75, 3.05) is 27.3 Å². The number of hydrogen-bond donors (Lipinski definition) is 4. The fraction of sp³-hybridized carbons (Fsp3) is 0.800. The van der Waals surface area contributed by atoms with Crippen molar-refractivity contribution in [3.8, 4) is 0 Å². The molecule has 0 saturated carbocycles. The van der Waals surface area contributed by atoms with Gasteiger partial charge < -0.3 is 10.6 Å². The van der Waals surface area contributed by atoms with Crippen molar-refractivity contribution in [2.45, 2.75) is 25.7 Å². The maximum absolute atomic E-state index is 11.2. The number of rotatable bonds is 8. The monoisotopic (exact) mass is 246 g/mol. The summed E-state index contributed by atoms with van der Waals surface area (Å²) in [5.74, 6) is -0.373. The Morgan fingerprint density at radius 3 is 2.41 bits per heavy atom. The molecule has 0 radical (unpaired) electrons. The van der Waals surface area contributed by atoms with Gasteiger partial charge in [-0.05, 0) is 26.9 Å². The van der Waals surface area contributed by atoms with Crippen molar-refractivity contribution >= 4 is 11.9 Å². The van der Waals surface area contributed by atoms with Gasteiger partial charge in [0.15, 0.2) is 0 Å². The number of hydrogen-bond acceptors (Lipinski definition) is 4. The van der Waals surface area contributed by atoms with E-state index in [9.17, 15) is 9.59 Å². The zero-order valence-electron chi connectivity index (χ0n) is 10.5. The van der Waals surface area contributed by atoms with Crippen LogP contribution in [0.15, 0.2) is 0 Å². The van der Waals surface area contributed by atoms with Gasteiger partial charge >= 0.3 is 6.03 Å². The summed E-state index contributed by atoms with van der Waals surface area (Å²) in [6.07, 6.45) is 2.66. The van der Waals surface area contributed by atoms with Crippen LogP contribution in [-0.4, -0.2) is 49.4 Å². The third-order valence-electron chi connectivity index (χ3n) is 2.05. The predicted octanol–water partition coefficient (Wildman–Crippen LogP) is -0.129. The van der Waals surface area contributed by atoms with E-state index in [4.69, 9.17) is 5.21 Å². The molecule has 0 saturated heterocycles. The molecule has 0 spiro atoms. The number of unbranched alkanes of at least 4 members (excludes halogenated alkanes) is 2. The summed E-state index contributed by atoms with van der Waals surface area (Å²) in [6, 6.07) is -0.188. The second-order valence-electron chi connectivity index (χ2n) is 4.02. The lowest BCUT2D eigenvalue weighted by Crippen LogP contribution is -2.40. The standard InChI is InChI=1S/C10H22N4O3/c1-14(2)8-12-10(16)11-7-5-3-4-6-9(15)13-17/h17H,3-8H2,1-2H3,(H,13,15)(H2,11,12,16). The van der Waals surface area contributed by atoms with Crippen LogP contribution in [0.4, 0.5) is 4.79 Å². The van der Waals surface area contributed by atoms with Crippen LogP contribution in [0.2, 0.25) is 0 Å². The molecule has 0 rings (SSSR count). The summed E-state index contributed by atoms with van der Waals surface area (Å²) < 4.78 is 0. The SMILES string of the molecule is CN(C)CNC(=O)NCCCCCC(=O)NO. The van der Waals surface area contributed by atoms with E-state index >= 15 is 0 Å². The molecule has 0 aliphatic carbocycles. The lowest BCUT2D eigenvalue weighted by Gasteiger charge is -2.11. The fourth-order valence-electron chi connectivity index (χ4n) is 1.14. The Morgan fingerprint density at radius 1 is 1.12 bits per heavy atom. The smallest absolute Gasteiger partial charge is 0.315 e. The number of nitrogens with one attached hydrogen (secondary N) is 3. The van der Waals surface area contributed by atoms with Gasteiger partial charge in [0.05, 0.1) is 6.67 Å². The Bertz CT molecular complexity index is 234. The highest BCUT2D eigenvalue weighted by Crippen LogP contribution is 1.98. The van der Waals surface area contributed by atoms with E-state index < -0.39 is 0 Å². The first-order valence-corrected chi connectivity index (χ1v) is 5.65. The summed E-state index contributed by atoms with van der Waals surface area (Å²) >= 11 is 0. The molecule has 3 amide bonds. The number of amides is 3. The average Bonchev–Trinajstić information content (AvgIpc) is 2.30. The molecule has 0 atom stereocenters. The molecule has 4 N–H and O–H groups in total. The summed E-state index contributed by atoms with van der Waals surface area (Å²) in [5.41, 5.74) is 1.58. The van der Waals surface area contributed by atoms with Crippen LogP contribution in [0.3, 0.4) is 0 Å². The Hall–Kier alpha value is -1.34. The number of carbonyl (C=O) groups is 2. The van der Waals surface area contributed by atoms with Gasteiger partial charge in [-0.3, -0.25) is 14.9 Å². The molecule has 0 aromatic carbocycles. The first-order chi connectivity index (χ1) is 8.06. The lowest BCUT2D eigenvalue weighted by atomic mass is 10.2. The van der Waals surface area contributed by atoms with E-state index in [1.165, 1.54) is 0 Å². The number of urea groups is 1. The highest BCUT2D eigenvalue weighted by atomic mass is 16.5. The molecule has 17 heavy (non-hydrogen) atoms. The molecule has 100 valence electrons. The average molecular weight is 246 g/mol. The normalized spacial score (nSPS) is 10.1. The highest BCUT2D eigenvalue weighted by Gasteiger charge is 2.00. The molecule has 7 nitrogen and oxygen atoms in total. The number of carbonyl (C=O) groups excluding carboxylic acids is 2. The van der Waals surface area contributed by atoms with Crippen LogP contribution in [-0.2, 0) is 4.79 Å². The first-order valence-electron chi connectivity index (χ1n) is 5.65. The quantitative estimate of drug-likeness (QED) is 0.208. The van der Waals surface area contributed by atoms with Crippen LogP contribution in [0.25, 0.3) is 0 Å². The summed E-state index contributed by atoms with van der Waals surface area (Å²) in [5, 5.41) is 13.6. The van der Waals surface area contributed by atoms with Crippen molar-refractivity contribution in [2.24, 2.45) is 0 Å². The van der Waals surface area contributed by atoms with Crippen LogP contribution in [0.5, 0.6) is 0 Å². The van der Waals surface area contributed by atoms with Gasteiger partial charge in [0.2, 0.25) is 5.91 Å². The maximum Gasteiger partial charge on any atom is 0.315 e. The van der Waals surface area contributed by atoms with Gasteiger partial charge in [-0.15, -0.1) is 0 Å². The predicted molar refractivity (Wildman–Crippen MR) is 63.5 cm³/mol. The largest absolute Gasteiger partial charge is 0.338 e. The second kappa shape index (κ2) is 9.86. The molecule has 0 aliphatic heterocycles. The maximum atomic E-state index is 11.2. The minimum absolute atomic E-state index is 0.188. The first kappa shape index (κ1) is 15.7. The van der Waals surface area contributed by atoms with Crippen molar-refractivity contribution in [1.29, 1.82) is 0 Å². The Morgan fingerprint density at radius 2 is 1.82 bits per heavy atom. The third-order valence-corrected chi connectivity index (χ3v) is 2.05. The summed E-state index contributed by atoms with van der Waals surface area (Å²) in [7, 11) is 3.74. The molecule has 0 heterocycles. The fourth-order valence-corrected chi connectivity index (χ4v) is 1.14. The van der Waals surface area contributed by atoms with E-state index in [2.05, 4.69) is 10.6 Å². The molecule has 0 aromatic heterocycles. The van der Waals surface area contributed by atoms with Crippen LogP contribution >= 0.6 is 0 Å². The Balaban J connectivity index is 3.27. The Labute approximate surface area is 102 Å².